The molecule has 2 unspecified atom stereocenters. The molecule has 5 nitrogen and oxygen atoms in total. The van der Waals surface area contributed by atoms with Gasteiger partial charge in [-0.05, 0) is 72.4 Å². The molecule has 4 rings (SSSR count). The minimum Gasteiger partial charge on any atom is -0.493 e. The van der Waals surface area contributed by atoms with E-state index in [9.17, 15) is 9.90 Å². The summed E-state index contributed by atoms with van der Waals surface area (Å²) in [4.78, 5) is 19.3. The number of nitrogens with zero attached hydrogens (tertiary/aromatic N) is 2. The van der Waals surface area contributed by atoms with E-state index in [1.54, 1.807) is 24.3 Å². The molecular formula is C29H30Cl2N2O3. The van der Waals surface area contributed by atoms with Gasteiger partial charge in [-0.3, -0.25) is 9.89 Å². The fourth-order valence-electron chi connectivity index (χ4n) is 4.68. The largest absolute Gasteiger partial charge is 0.493 e. The van der Waals surface area contributed by atoms with Crippen LogP contribution in [-0.4, -0.2) is 28.5 Å². The standard InChI is InChI=1S/C29H30Cl2N2O3/c1-6-36-24-17-20(28(2,3)4)11-16-23(24)26-32-29(5,19-9-14-22(31)15-10-19)25(33(26)27(34)35)18-7-12-21(30)13-8-18/h7-17,25H,6H2,1-5H3,(H,34,35). The molecule has 2 atom stereocenters. The van der Waals surface area contributed by atoms with E-state index >= 15 is 0 Å². The summed E-state index contributed by atoms with van der Waals surface area (Å²) in [7, 11) is 0. The maximum absolute atomic E-state index is 12.9. The minimum atomic E-state index is -1.10. The number of carbonyl (C=O) groups is 1. The van der Waals surface area contributed by atoms with Crippen molar-refractivity contribution >= 4 is 35.1 Å². The zero-order valence-corrected chi connectivity index (χ0v) is 22.6. The third-order valence-corrected chi connectivity index (χ3v) is 7.07. The van der Waals surface area contributed by atoms with Crippen LogP contribution in [-0.2, 0) is 11.0 Å². The van der Waals surface area contributed by atoms with Crippen molar-refractivity contribution in [1.29, 1.82) is 0 Å². The van der Waals surface area contributed by atoms with E-state index in [4.69, 9.17) is 32.9 Å². The molecule has 188 valence electrons. The van der Waals surface area contributed by atoms with Crippen LogP contribution in [0.2, 0.25) is 10.0 Å². The number of aliphatic imine (C=N–C) groups is 1. The first-order valence-electron chi connectivity index (χ1n) is 11.9. The molecule has 0 bridgehead atoms. The van der Waals surface area contributed by atoms with Gasteiger partial charge in [-0.2, -0.15) is 0 Å². The average molecular weight is 525 g/mol. The summed E-state index contributed by atoms with van der Waals surface area (Å²) < 4.78 is 6.02. The van der Waals surface area contributed by atoms with Crippen molar-refractivity contribution in [2.75, 3.05) is 6.61 Å². The van der Waals surface area contributed by atoms with Crippen molar-refractivity contribution in [3.8, 4) is 5.75 Å². The fourth-order valence-corrected chi connectivity index (χ4v) is 4.93. The monoisotopic (exact) mass is 524 g/mol. The van der Waals surface area contributed by atoms with Crippen molar-refractivity contribution < 1.29 is 14.6 Å². The minimum absolute atomic E-state index is 0.0992. The molecular weight excluding hydrogens is 495 g/mol. The van der Waals surface area contributed by atoms with E-state index in [1.165, 1.54) is 4.90 Å². The SMILES string of the molecule is CCOc1cc(C(C)(C)C)ccc1C1=NC(C)(c2ccc(Cl)cc2)C(c2ccc(Cl)cc2)N1C(=O)O. The molecule has 0 saturated carbocycles. The lowest BCUT2D eigenvalue weighted by molar-refractivity contribution is 0.147. The molecule has 1 N–H and O–H groups in total. The smallest absolute Gasteiger partial charge is 0.413 e. The van der Waals surface area contributed by atoms with Gasteiger partial charge in [-0.15, -0.1) is 0 Å². The van der Waals surface area contributed by atoms with Crippen LogP contribution in [0.5, 0.6) is 5.75 Å². The maximum Gasteiger partial charge on any atom is 0.413 e. The number of amides is 1. The van der Waals surface area contributed by atoms with Crippen LogP contribution in [0.1, 0.15) is 62.9 Å². The van der Waals surface area contributed by atoms with Crippen LogP contribution in [0.15, 0.2) is 71.7 Å². The highest BCUT2D eigenvalue weighted by atomic mass is 35.5. The molecule has 0 aliphatic carbocycles. The highest BCUT2D eigenvalue weighted by molar-refractivity contribution is 6.30. The summed E-state index contributed by atoms with van der Waals surface area (Å²) in [6.45, 7) is 10.7. The highest BCUT2D eigenvalue weighted by Gasteiger charge is 2.51. The van der Waals surface area contributed by atoms with Crippen LogP contribution in [0.3, 0.4) is 0 Å². The van der Waals surface area contributed by atoms with E-state index < -0.39 is 17.7 Å². The Morgan fingerprint density at radius 1 is 1.03 bits per heavy atom. The molecule has 0 spiro atoms. The van der Waals surface area contributed by atoms with Gasteiger partial charge in [0.1, 0.15) is 17.1 Å². The predicted molar refractivity (Wildman–Crippen MR) is 146 cm³/mol. The lowest BCUT2D eigenvalue weighted by Crippen LogP contribution is -2.40. The second kappa shape index (κ2) is 9.79. The van der Waals surface area contributed by atoms with Crippen molar-refractivity contribution in [3.05, 3.63) is 99.0 Å². The Hall–Kier alpha value is -3.02. The molecule has 3 aromatic carbocycles. The van der Waals surface area contributed by atoms with Crippen LogP contribution in [0.4, 0.5) is 4.79 Å². The highest BCUT2D eigenvalue weighted by Crippen LogP contribution is 2.49. The number of hydrogen-bond donors (Lipinski definition) is 1. The quantitative estimate of drug-likeness (QED) is 0.366. The Morgan fingerprint density at radius 3 is 2.14 bits per heavy atom. The van der Waals surface area contributed by atoms with Crippen molar-refractivity contribution in [1.82, 2.24) is 4.90 Å². The van der Waals surface area contributed by atoms with Gasteiger partial charge in [-0.1, -0.05) is 74.3 Å². The third kappa shape index (κ3) is 4.82. The number of amidine groups is 1. The molecule has 0 radical (unpaired) electrons. The van der Waals surface area contributed by atoms with E-state index in [0.717, 1.165) is 16.7 Å². The Morgan fingerprint density at radius 2 is 1.61 bits per heavy atom. The Bertz CT molecular complexity index is 1300. The van der Waals surface area contributed by atoms with Gasteiger partial charge in [-0.25, -0.2) is 4.79 Å². The van der Waals surface area contributed by atoms with Crippen molar-refractivity contribution in [2.24, 2.45) is 4.99 Å². The number of halogens is 2. The number of rotatable bonds is 5. The van der Waals surface area contributed by atoms with E-state index in [0.29, 0.717) is 33.8 Å². The van der Waals surface area contributed by atoms with E-state index in [-0.39, 0.29) is 5.41 Å². The van der Waals surface area contributed by atoms with Gasteiger partial charge < -0.3 is 9.84 Å². The summed E-state index contributed by atoms with van der Waals surface area (Å²) in [5.41, 5.74) is 2.31. The molecule has 36 heavy (non-hydrogen) atoms. The van der Waals surface area contributed by atoms with Crippen LogP contribution in [0, 0.1) is 0 Å². The first kappa shape index (κ1) is 26.1. The van der Waals surface area contributed by atoms with Gasteiger partial charge in [0.2, 0.25) is 0 Å². The van der Waals surface area contributed by atoms with E-state index in [2.05, 4.69) is 20.8 Å². The second-order valence-electron chi connectivity index (χ2n) is 10.1. The van der Waals surface area contributed by atoms with Crippen molar-refractivity contribution in [2.45, 2.75) is 51.6 Å². The molecule has 1 amide bonds. The summed E-state index contributed by atoms with van der Waals surface area (Å²) >= 11 is 12.3. The van der Waals surface area contributed by atoms with Crippen LogP contribution in [0.25, 0.3) is 0 Å². The summed E-state index contributed by atoms with van der Waals surface area (Å²) in [6, 6.07) is 19.9. The Balaban J connectivity index is 1.97. The Labute approximate surface area is 222 Å². The summed E-state index contributed by atoms with van der Waals surface area (Å²) in [6.07, 6.45) is -1.10. The van der Waals surface area contributed by atoms with Crippen molar-refractivity contribution in [3.63, 3.8) is 0 Å². The first-order chi connectivity index (χ1) is 17.0. The van der Waals surface area contributed by atoms with Gasteiger partial charge in [0.15, 0.2) is 0 Å². The zero-order chi connectivity index (χ0) is 26.3. The molecule has 7 heteroatoms. The molecule has 1 aliphatic heterocycles. The predicted octanol–water partition coefficient (Wildman–Crippen LogP) is 8.09. The van der Waals surface area contributed by atoms with Crippen LogP contribution >= 0.6 is 23.2 Å². The number of carboxylic acid groups (broad SMARTS) is 1. The third-order valence-electron chi connectivity index (χ3n) is 6.57. The Kier molecular flexibility index (Phi) is 7.09. The normalized spacial score (nSPS) is 19.8. The lowest BCUT2D eigenvalue weighted by atomic mass is 9.81. The molecule has 1 aliphatic rings. The van der Waals surface area contributed by atoms with Gasteiger partial charge in [0.05, 0.1) is 18.2 Å². The summed E-state index contributed by atoms with van der Waals surface area (Å²) in [5.74, 6) is 0.939. The molecule has 1 heterocycles. The average Bonchev–Trinajstić information content (AvgIpc) is 3.14. The molecule has 0 aromatic heterocycles. The summed E-state index contributed by atoms with van der Waals surface area (Å²) in [5, 5.41) is 11.7. The van der Waals surface area contributed by atoms with Crippen LogP contribution < -0.4 is 4.74 Å². The van der Waals surface area contributed by atoms with Gasteiger partial charge in [0, 0.05) is 10.0 Å². The zero-order valence-electron chi connectivity index (χ0n) is 21.0. The van der Waals surface area contributed by atoms with Gasteiger partial charge >= 0.3 is 6.09 Å². The number of ether oxygens (including phenoxy) is 1. The fraction of sp³-hybridized carbons (Fsp3) is 0.310. The van der Waals surface area contributed by atoms with Gasteiger partial charge in [0.25, 0.3) is 0 Å². The topological polar surface area (TPSA) is 62.1 Å². The van der Waals surface area contributed by atoms with E-state index in [1.807, 2.05) is 56.3 Å². The lowest BCUT2D eigenvalue weighted by Gasteiger charge is -2.34. The second-order valence-corrected chi connectivity index (χ2v) is 11.0. The maximum atomic E-state index is 12.9. The number of benzene rings is 3. The number of hydrogen-bond acceptors (Lipinski definition) is 3. The molecule has 0 fully saturated rings. The molecule has 0 saturated heterocycles. The molecule has 3 aromatic rings. The first-order valence-corrected chi connectivity index (χ1v) is 12.6.